The van der Waals surface area contributed by atoms with Gasteiger partial charge < -0.3 is 9.64 Å². The van der Waals surface area contributed by atoms with E-state index in [4.69, 9.17) is 17.0 Å². The summed E-state index contributed by atoms with van der Waals surface area (Å²) in [5.41, 5.74) is -0.408. The number of hydrogen-bond donors (Lipinski definition) is 0. The van der Waals surface area contributed by atoms with Crippen molar-refractivity contribution in [1.82, 2.24) is 4.90 Å². The molecular formula is C10H17NO2S. The molecule has 1 saturated heterocycles. The van der Waals surface area contributed by atoms with Gasteiger partial charge in [0.05, 0.1) is 0 Å². The van der Waals surface area contributed by atoms with Crippen LogP contribution in [0.4, 0.5) is 4.79 Å². The molecule has 1 rings (SSSR count). The highest BCUT2D eigenvalue weighted by Crippen LogP contribution is 2.13. The largest absolute Gasteiger partial charge is 0.444 e. The van der Waals surface area contributed by atoms with E-state index in [0.29, 0.717) is 13.1 Å². The van der Waals surface area contributed by atoms with Crippen LogP contribution in [0.25, 0.3) is 0 Å². The van der Waals surface area contributed by atoms with Gasteiger partial charge in [0.15, 0.2) is 0 Å². The Morgan fingerprint density at radius 1 is 1.36 bits per heavy atom. The zero-order valence-electron chi connectivity index (χ0n) is 9.00. The SMILES string of the molecule is CC(C)(C)OC(=O)N1CCC(=S)CC1. The van der Waals surface area contributed by atoms with Gasteiger partial charge >= 0.3 is 6.09 Å². The molecule has 1 heterocycles. The Hall–Kier alpha value is -0.640. The summed E-state index contributed by atoms with van der Waals surface area (Å²) in [4.78, 5) is 14.4. The van der Waals surface area contributed by atoms with Crippen LogP contribution in [0, 0.1) is 0 Å². The van der Waals surface area contributed by atoms with Crippen molar-refractivity contribution in [1.29, 1.82) is 0 Å². The highest BCUT2D eigenvalue weighted by Gasteiger charge is 2.24. The van der Waals surface area contributed by atoms with Gasteiger partial charge in [-0.3, -0.25) is 0 Å². The molecule has 1 aliphatic rings. The smallest absolute Gasteiger partial charge is 0.410 e. The number of nitrogens with zero attached hydrogens (tertiary/aromatic N) is 1. The predicted molar refractivity (Wildman–Crippen MR) is 59.6 cm³/mol. The van der Waals surface area contributed by atoms with Crippen molar-refractivity contribution in [3.63, 3.8) is 0 Å². The van der Waals surface area contributed by atoms with Gasteiger partial charge in [0, 0.05) is 13.1 Å². The first-order chi connectivity index (χ1) is 6.38. The molecule has 0 unspecified atom stereocenters. The summed E-state index contributed by atoms with van der Waals surface area (Å²) in [5, 5.41) is 0. The first-order valence-corrected chi connectivity index (χ1v) is 5.29. The number of carbonyl (C=O) groups excluding carboxylic acids is 1. The Morgan fingerprint density at radius 2 is 1.86 bits per heavy atom. The molecule has 0 bridgehead atoms. The number of thiocarbonyl (C=S) groups is 1. The zero-order valence-corrected chi connectivity index (χ0v) is 9.82. The van der Waals surface area contributed by atoms with Crippen LogP contribution in [0.5, 0.6) is 0 Å². The summed E-state index contributed by atoms with van der Waals surface area (Å²) in [6.45, 7) is 7.03. The molecule has 0 aromatic heterocycles. The third-order valence-electron chi connectivity index (χ3n) is 1.97. The third-order valence-corrected chi connectivity index (χ3v) is 2.38. The summed E-state index contributed by atoms with van der Waals surface area (Å²) in [7, 11) is 0. The van der Waals surface area contributed by atoms with Gasteiger partial charge in [-0.2, -0.15) is 0 Å². The zero-order chi connectivity index (χ0) is 10.8. The van der Waals surface area contributed by atoms with Crippen LogP contribution in [0.3, 0.4) is 0 Å². The standard InChI is InChI=1S/C10H17NO2S/c1-10(2,3)13-9(12)11-6-4-8(14)5-7-11/h4-7H2,1-3H3. The number of carbonyl (C=O) groups is 1. The van der Waals surface area contributed by atoms with Crippen molar-refractivity contribution in [2.45, 2.75) is 39.2 Å². The molecule has 80 valence electrons. The first-order valence-electron chi connectivity index (χ1n) is 4.88. The predicted octanol–water partition coefficient (Wildman–Crippen LogP) is 2.39. The minimum atomic E-state index is -0.408. The van der Waals surface area contributed by atoms with Crippen LogP contribution < -0.4 is 0 Å². The lowest BCUT2D eigenvalue weighted by molar-refractivity contribution is 0.0250. The van der Waals surface area contributed by atoms with Crippen LogP contribution in [0.15, 0.2) is 0 Å². The summed E-state index contributed by atoms with van der Waals surface area (Å²) in [6.07, 6.45) is 1.43. The summed E-state index contributed by atoms with van der Waals surface area (Å²) in [5.74, 6) is 0. The van der Waals surface area contributed by atoms with Crippen LogP contribution in [0.1, 0.15) is 33.6 Å². The molecule has 3 nitrogen and oxygen atoms in total. The normalized spacial score (nSPS) is 18.2. The molecule has 0 N–H and O–H groups in total. The summed E-state index contributed by atoms with van der Waals surface area (Å²) < 4.78 is 5.26. The number of amides is 1. The van der Waals surface area contributed by atoms with Crippen molar-refractivity contribution in [3.05, 3.63) is 0 Å². The van der Waals surface area contributed by atoms with E-state index in [9.17, 15) is 4.79 Å². The fourth-order valence-electron chi connectivity index (χ4n) is 1.27. The Balaban J connectivity index is 2.42. The summed E-state index contributed by atoms with van der Waals surface area (Å²) in [6, 6.07) is 0. The van der Waals surface area contributed by atoms with E-state index in [1.165, 1.54) is 0 Å². The molecule has 0 atom stereocenters. The van der Waals surface area contributed by atoms with Crippen LogP contribution in [-0.4, -0.2) is 34.5 Å². The van der Waals surface area contributed by atoms with E-state index in [0.717, 1.165) is 17.7 Å². The maximum Gasteiger partial charge on any atom is 0.410 e. The van der Waals surface area contributed by atoms with Crippen molar-refractivity contribution in [2.24, 2.45) is 0 Å². The second-order valence-electron chi connectivity index (χ2n) is 4.51. The molecular weight excluding hydrogens is 198 g/mol. The van der Waals surface area contributed by atoms with Gasteiger partial charge in [0.25, 0.3) is 0 Å². The number of hydrogen-bond acceptors (Lipinski definition) is 3. The summed E-state index contributed by atoms with van der Waals surface area (Å²) >= 11 is 5.08. The lowest BCUT2D eigenvalue weighted by atomic mass is 10.1. The Bertz CT molecular complexity index is 235. The minimum Gasteiger partial charge on any atom is -0.444 e. The van der Waals surface area contributed by atoms with Gasteiger partial charge in [-0.05, 0) is 38.5 Å². The topological polar surface area (TPSA) is 29.5 Å². The van der Waals surface area contributed by atoms with Crippen LogP contribution >= 0.6 is 12.2 Å². The maximum absolute atomic E-state index is 11.6. The Kier molecular flexibility index (Phi) is 3.48. The maximum atomic E-state index is 11.6. The highest BCUT2D eigenvalue weighted by atomic mass is 32.1. The van der Waals surface area contributed by atoms with Crippen molar-refractivity contribution >= 4 is 23.2 Å². The van der Waals surface area contributed by atoms with E-state index in [1.54, 1.807) is 4.90 Å². The van der Waals surface area contributed by atoms with Gasteiger partial charge in [0.2, 0.25) is 0 Å². The van der Waals surface area contributed by atoms with Crippen LogP contribution in [0.2, 0.25) is 0 Å². The molecule has 1 aliphatic heterocycles. The molecule has 14 heavy (non-hydrogen) atoms. The van der Waals surface area contributed by atoms with E-state index < -0.39 is 5.60 Å². The van der Waals surface area contributed by atoms with E-state index in [-0.39, 0.29) is 6.09 Å². The Morgan fingerprint density at radius 3 is 2.29 bits per heavy atom. The molecule has 1 fully saturated rings. The van der Waals surface area contributed by atoms with Crippen molar-refractivity contribution < 1.29 is 9.53 Å². The van der Waals surface area contributed by atoms with Gasteiger partial charge in [-0.25, -0.2) is 4.79 Å². The molecule has 0 aliphatic carbocycles. The number of rotatable bonds is 0. The van der Waals surface area contributed by atoms with E-state index in [1.807, 2.05) is 20.8 Å². The van der Waals surface area contributed by atoms with Crippen molar-refractivity contribution in [2.75, 3.05) is 13.1 Å². The molecule has 0 spiro atoms. The molecule has 0 aromatic rings. The highest BCUT2D eigenvalue weighted by molar-refractivity contribution is 7.80. The molecule has 0 aromatic carbocycles. The lowest BCUT2D eigenvalue weighted by Gasteiger charge is -2.30. The first kappa shape index (κ1) is 11.4. The monoisotopic (exact) mass is 215 g/mol. The molecule has 1 amide bonds. The fraction of sp³-hybridized carbons (Fsp3) is 0.800. The number of likely N-dealkylation sites (tertiary alicyclic amines) is 1. The van der Waals surface area contributed by atoms with Gasteiger partial charge in [-0.1, -0.05) is 12.2 Å². The molecule has 0 radical (unpaired) electrons. The quantitative estimate of drug-likeness (QED) is 0.581. The minimum absolute atomic E-state index is 0.222. The fourth-order valence-corrected chi connectivity index (χ4v) is 1.45. The van der Waals surface area contributed by atoms with Gasteiger partial charge in [0.1, 0.15) is 5.60 Å². The average Bonchev–Trinajstić information content (AvgIpc) is 2.02. The second-order valence-corrected chi connectivity index (χ2v) is 5.08. The van der Waals surface area contributed by atoms with E-state index >= 15 is 0 Å². The van der Waals surface area contributed by atoms with Gasteiger partial charge in [-0.15, -0.1) is 0 Å². The van der Waals surface area contributed by atoms with Crippen LogP contribution in [-0.2, 0) is 4.74 Å². The van der Waals surface area contributed by atoms with E-state index in [2.05, 4.69) is 0 Å². The second kappa shape index (κ2) is 4.26. The number of piperidine rings is 1. The Labute approximate surface area is 90.4 Å². The molecule has 0 saturated carbocycles. The number of ether oxygens (including phenoxy) is 1. The lowest BCUT2D eigenvalue weighted by Crippen LogP contribution is -2.41. The van der Waals surface area contributed by atoms with Crippen molar-refractivity contribution in [3.8, 4) is 0 Å². The third kappa shape index (κ3) is 3.62. The molecule has 4 heteroatoms. The average molecular weight is 215 g/mol.